The summed E-state index contributed by atoms with van der Waals surface area (Å²) in [5, 5.41) is 1.26. The third-order valence-corrected chi connectivity index (χ3v) is 7.94. The lowest BCUT2D eigenvalue weighted by molar-refractivity contribution is -0.133. The normalized spacial score (nSPS) is 18.1. The molecule has 0 saturated heterocycles. The monoisotopic (exact) mass is 529 g/mol. The number of carbonyl (C=O) groups is 1. The zero-order chi connectivity index (χ0) is 25.3. The van der Waals surface area contributed by atoms with E-state index in [0.717, 1.165) is 61.2 Å². The van der Waals surface area contributed by atoms with Gasteiger partial charge in [-0.2, -0.15) is 0 Å². The molecule has 4 N–H and O–H groups in total. The Kier molecular flexibility index (Phi) is 7.33. The van der Waals surface area contributed by atoms with Crippen LogP contribution in [0.2, 0.25) is 10.0 Å². The summed E-state index contributed by atoms with van der Waals surface area (Å²) in [7, 11) is 0. The van der Waals surface area contributed by atoms with Crippen molar-refractivity contribution in [3.05, 3.63) is 57.6 Å². The third-order valence-electron chi connectivity index (χ3n) is 7.24. The smallest absolute Gasteiger partial charge is 0.259 e. The molecule has 3 aliphatic rings. The molecule has 0 unspecified atom stereocenters. The van der Waals surface area contributed by atoms with E-state index in [0.29, 0.717) is 29.2 Å². The van der Waals surface area contributed by atoms with Gasteiger partial charge >= 0.3 is 0 Å². The molecule has 0 aromatic heterocycles. The number of guanidine groups is 1. The standard InChI is InChI=1S/C27H33Cl2N5O2/c28-21-16-19(22(29)15-18(21)5-3-4-12-32-26(30)31)17-36-27(10-11-27)25(35)34-14-13-33(20-8-9-20)23-6-1-2-7-24(23)34/h1-2,6-7,15-16,20H,3-5,8-14,17H2,(H4,30,31,32). The second-order valence-corrected chi connectivity index (χ2v) is 10.8. The van der Waals surface area contributed by atoms with Gasteiger partial charge in [0.1, 0.15) is 5.60 Å². The molecule has 1 amide bonds. The maximum atomic E-state index is 13.7. The lowest BCUT2D eigenvalue weighted by Gasteiger charge is -2.39. The van der Waals surface area contributed by atoms with Crippen molar-refractivity contribution >= 4 is 46.4 Å². The van der Waals surface area contributed by atoms with Crippen molar-refractivity contribution in [1.82, 2.24) is 0 Å². The molecular formula is C27H33Cl2N5O2. The number of aliphatic imine (C=N–C) groups is 1. The Labute approximate surface area is 222 Å². The van der Waals surface area contributed by atoms with Gasteiger partial charge in [0.25, 0.3) is 5.91 Å². The number of amides is 1. The molecule has 2 aliphatic carbocycles. The van der Waals surface area contributed by atoms with Crippen molar-refractivity contribution in [2.45, 2.75) is 63.2 Å². The molecule has 192 valence electrons. The Hall–Kier alpha value is -2.48. The summed E-state index contributed by atoms with van der Waals surface area (Å²) >= 11 is 13.1. The number of unbranched alkanes of at least 4 members (excludes halogenated alkanes) is 1. The fourth-order valence-electron chi connectivity index (χ4n) is 4.92. The summed E-state index contributed by atoms with van der Waals surface area (Å²) in [5.41, 5.74) is 13.9. The molecule has 36 heavy (non-hydrogen) atoms. The van der Waals surface area contributed by atoms with Gasteiger partial charge in [0, 0.05) is 35.7 Å². The van der Waals surface area contributed by atoms with E-state index in [2.05, 4.69) is 16.0 Å². The molecule has 0 bridgehead atoms. The maximum Gasteiger partial charge on any atom is 0.259 e. The van der Waals surface area contributed by atoms with Crippen molar-refractivity contribution in [1.29, 1.82) is 0 Å². The summed E-state index contributed by atoms with van der Waals surface area (Å²) in [6.45, 7) is 2.38. The number of nitrogens with two attached hydrogens (primary N) is 2. The summed E-state index contributed by atoms with van der Waals surface area (Å²) in [4.78, 5) is 22.0. The van der Waals surface area contributed by atoms with E-state index >= 15 is 0 Å². The number of benzene rings is 2. The molecule has 2 saturated carbocycles. The Bertz CT molecular complexity index is 1160. The van der Waals surface area contributed by atoms with Crippen molar-refractivity contribution in [2.75, 3.05) is 29.4 Å². The average Bonchev–Trinajstić information content (AvgIpc) is 3.79. The number of para-hydroxylation sites is 2. The minimum Gasteiger partial charge on any atom is -0.370 e. The van der Waals surface area contributed by atoms with Crippen LogP contribution in [0, 0.1) is 0 Å². The SMILES string of the molecule is NC(N)=NCCCCc1cc(Cl)c(COC2(C(=O)N3CCN(C4CC4)c4ccccc43)CC2)cc1Cl. The van der Waals surface area contributed by atoms with E-state index in [1.54, 1.807) is 0 Å². The van der Waals surface area contributed by atoms with Gasteiger partial charge in [-0.05, 0) is 80.3 Å². The largest absolute Gasteiger partial charge is 0.370 e. The van der Waals surface area contributed by atoms with Gasteiger partial charge in [0.05, 0.1) is 18.0 Å². The Morgan fingerprint density at radius 1 is 1.03 bits per heavy atom. The minimum atomic E-state index is -0.783. The van der Waals surface area contributed by atoms with Gasteiger partial charge in [-0.25, -0.2) is 0 Å². The highest BCUT2D eigenvalue weighted by atomic mass is 35.5. The average molecular weight is 531 g/mol. The molecule has 1 heterocycles. The highest BCUT2D eigenvalue weighted by Crippen LogP contribution is 2.46. The van der Waals surface area contributed by atoms with Crippen LogP contribution in [0.25, 0.3) is 0 Å². The molecular weight excluding hydrogens is 497 g/mol. The summed E-state index contributed by atoms with van der Waals surface area (Å²) in [5.74, 6) is 0.155. The number of carbonyl (C=O) groups excluding carboxylic acids is 1. The van der Waals surface area contributed by atoms with Gasteiger partial charge in [-0.1, -0.05) is 35.3 Å². The maximum absolute atomic E-state index is 13.7. The third kappa shape index (κ3) is 5.43. The molecule has 0 radical (unpaired) electrons. The zero-order valence-electron chi connectivity index (χ0n) is 20.4. The molecule has 2 aromatic rings. The lowest BCUT2D eigenvalue weighted by Crippen LogP contribution is -2.49. The van der Waals surface area contributed by atoms with Gasteiger partial charge in [-0.3, -0.25) is 9.79 Å². The van der Waals surface area contributed by atoms with Crippen LogP contribution in [0.4, 0.5) is 11.4 Å². The van der Waals surface area contributed by atoms with Gasteiger partial charge in [0.2, 0.25) is 0 Å². The van der Waals surface area contributed by atoms with E-state index in [1.807, 2.05) is 35.2 Å². The molecule has 2 fully saturated rings. The number of ether oxygens (including phenoxy) is 1. The quantitative estimate of drug-likeness (QED) is 0.265. The number of hydrogen-bond acceptors (Lipinski definition) is 4. The van der Waals surface area contributed by atoms with E-state index in [9.17, 15) is 4.79 Å². The molecule has 9 heteroatoms. The van der Waals surface area contributed by atoms with Gasteiger partial charge in [0.15, 0.2) is 5.96 Å². The number of halogens is 2. The Morgan fingerprint density at radius 3 is 2.42 bits per heavy atom. The van der Waals surface area contributed by atoms with Crippen LogP contribution in [0.5, 0.6) is 0 Å². The van der Waals surface area contributed by atoms with Crippen molar-refractivity contribution < 1.29 is 9.53 Å². The second-order valence-electron chi connectivity index (χ2n) is 9.95. The second kappa shape index (κ2) is 10.5. The first-order chi connectivity index (χ1) is 17.4. The zero-order valence-corrected chi connectivity index (χ0v) is 21.9. The molecule has 0 atom stereocenters. The number of anilines is 2. The predicted molar refractivity (Wildman–Crippen MR) is 146 cm³/mol. The molecule has 0 spiro atoms. The first kappa shape index (κ1) is 25.2. The number of rotatable bonds is 10. The number of aryl methyl sites for hydroxylation is 1. The fourth-order valence-corrected chi connectivity index (χ4v) is 5.44. The van der Waals surface area contributed by atoms with Crippen molar-refractivity contribution in [2.24, 2.45) is 16.5 Å². The topological polar surface area (TPSA) is 97.2 Å². The van der Waals surface area contributed by atoms with Crippen LogP contribution in [0.15, 0.2) is 41.4 Å². The van der Waals surface area contributed by atoms with Crippen LogP contribution in [0.1, 0.15) is 49.7 Å². The molecule has 5 rings (SSSR count). The summed E-state index contributed by atoms with van der Waals surface area (Å²) in [6.07, 6.45) is 6.44. The fraction of sp³-hybridized carbons (Fsp3) is 0.481. The van der Waals surface area contributed by atoms with Crippen LogP contribution < -0.4 is 21.3 Å². The molecule has 7 nitrogen and oxygen atoms in total. The predicted octanol–water partition coefficient (Wildman–Crippen LogP) is 4.65. The van der Waals surface area contributed by atoms with Crippen LogP contribution >= 0.6 is 23.2 Å². The van der Waals surface area contributed by atoms with Crippen LogP contribution in [0.3, 0.4) is 0 Å². The van der Waals surface area contributed by atoms with E-state index in [1.165, 1.54) is 12.8 Å². The van der Waals surface area contributed by atoms with Crippen LogP contribution in [-0.4, -0.2) is 43.1 Å². The summed E-state index contributed by atoms with van der Waals surface area (Å²) < 4.78 is 6.27. The van der Waals surface area contributed by atoms with Gasteiger partial charge in [-0.15, -0.1) is 0 Å². The Balaban J connectivity index is 1.22. The summed E-state index contributed by atoms with van der Waals surface area (Å²) in [6, 6.07) is 12.6. The number of hydrogen-bond donors (Lipinski definition) is 2. The highest BCUT2D eigenvalue weighted by molar-refractivity contribution is 6.34. The van der Waals surface area contributed by atoms with Crippen molar-refractivity contribution in [3.63, 3.8) is 0 Å². The highest BCUT2D eigenvalue weighted by Gasteiger charge is 2.54. The first-order valence-electron chi connectivity index (χ1n) is 12.7. The molecule has 1 aliphatic heterocycles. The Morgan fingerprint density at radius 2 is 1.72 bits per heavy atom. The van der Waals surface area contributed by atoms with E-state index in [-0.39, 0.29) is 18.5 Å². The first-order valence-corrected chi connectivity index (χ1v) is 13.5. The van der Waals surface area contributed by atoms with E-state index < -0.39 is 5.60 Å². The number of nitrogens with zero attached hydrogens (tertiary/aromatic N) is 3. The van der Waals surface area contributed by atoms with Gasteiger partial charge < -0.3 is 26.0 Å². The lowest BCUT2D eigenvalue weighted by atomic mass is 10.1. The molecule has 2 aromatic carbocycles. The van der Waals surface area contributed by atoms with Crippen LogP contribution in [-0.2, 0) is 22.6 Å². The number of fused-ring (bicyclic) bond motifs is 1. The van der Waals surface area contributed by atoms with E-state index in [4.69, 9.17) is 39.4 Å². The minimum absolute atomic E-state index is 0.0463. The van der Waals surface area contributed by atoms with Crippen molar-refractivity contribution in [3.8, 4) is 0 Å².